The van der Waals surface area contributed by atoms with Crippen LogP contribution in [-0.4, -0.2) is 10.2 Å². The van der Waals surface area contributed by atoms with Crippen molar-refractivity contribution in [2.75, 3.05) is 0 Å². The molecule has 2 nitrogen and oxygen atoms in total. The Hall–Kier alpha value is -1.64. The molecule has 18 heavy (non-hydrogen) atoms. The number of rotatable bonds is 3. The minimum atomic E-state index is -0.468. The van der Waals surface area contributed by atoms with E-state index in [0.29, 0.717) is 0 Å². The van der Waals surface area contributed by atoms with Gasteiger partial charge in [0.25, 0.3) is 0 Å². The van der Waals surface area contributed by atoms with E-state index in [9.17, 15) is 10.2 Å². The van der Waals surface area contributed by atoms with Crippen molar-refractivity contribution < 1.29 is 10.2 Å². The second kappa shape index (κ2) is 5.34. The van der Waals surface area contributed by atoms with E-state index in [2.05, 4.69) is 0 Å². The van der Waals surface area contributed by atoms with Crippen LogP contribution in [0.5, 0.6) is 0 Å². The first-order valence-corrected chi connectivity index (χ1v) is 6.14. The summed E-state index contributed by atoms with van der Waals surface area (Å²) in [6.07, 6.45) is -0.935. The van der Waals surface area contributed by atoms with Gasteiger partial charge in [0.15, 0.2) is 0 Å². The lowest BCUT2D eigenvalue weighted by atomic mass is 9.98. The number of hydrogen-bond donors (Lipinski definition) is 2. The number of benzene rings is 2. The molecule has 2 rings (SSSR count). The molecule has 0 aliphatic heterocycles. The monoisotopic (exact) mass is 242 g/mol. The van der Waals surface area contributed by atoms with Crippen molar-refractivity contribution in [1.82, 2.24) is 0 Å². The summed E-state index contributed by atoms with van der Waals surface area (Å²) in [5.74, 6) is 0. The normalized spacial score (nSPS) is 14.2. The van der Waals surface area contributed by atoms with Crippen molar-refractivity contribution in [2.45, 2.75) is 26.1 Å². The van der Waals surface area contributed by atoms with Crippen LogP contribution in [-0.2, 0) is 0 Å². The highest BCUT2D eigenvalue weighted by Gasteiger charge is 2.05. The molecule has 94 valence electrons. The fraction of sp³-hybridized carbons (Fsp3) is 0.250. The van der Waals surface area contributed by atoms with Crippen LogP contribution >= 0.6 is 0 Å². The van der Waals surface area contributed by atoms with Gasteiger partial charge in [0.1, 0.15) is 0 Å². The Morgan fingerprint density at radius 3 is 1.44 bits per heavy atom. The fourth-order valence-corrected chi connectivity index (χ4v) is 1.96. The molecule has 0 fully saturated rings. The Morgan fingerprint density at radius 2 is 1.11 bits per heavy atom. The van der Waals surface area contributed by atoms with Crippen LogP contribution in [0.15, 0.2) is 48.5 Å². The molecule has 2 N–H and O–H groups in total. The average molecular weight is 242 g/mol. The molecule has 0 radical (unpaired) electrons. The first-order valence-electron chi connectivity index (χ1n) is 6.14. The summed E-state index contributed by atoms with van der Waals surface area (Å²) < 4.78 is 0. The van der Waals surface area contributed by atoms with Crippen LogP contribution in [0.25, 0.3) is 11.1 Å². The van der Waals surface area contributed by atoms with Crippen molar-refractivity contribution in [3.8, 4) is 11.1 Å². The molecule has 0 aromatic heterocycles. The van der Waals surface area contributed by atoms with Crippen LogP contribution in [0.2, 0.25) is 0 Å². The zero-order valence-electron chi connectivity index (χ0n) is 10.7. The third kappa shape index (κ3) is 2.78. The highest BCUT2D eigenvalue weighted by atomic mass is 16.3. The van der Waals surface area contributed by atoms with Crippen molar-refractivity contribution >= 4 is 0 Å². The van der Waals surface area contributed by atoms with Gasteiger partial charge in [-0.15, -0.1) is 0 Å². The Morgan fingerprint density at radius 1 is 0.722 bits per heavy atom. The zero-order valence-corrected chi connectivity index (χ0v) is 10.7. The minimum absolute atomic E-state index is 0.468. The SMILES string of the molecule is C[C@@H](O)c1cccc(-c2cccc([C@@H](C)O)c2)c1. The van der Waals surface area contributed by atoms with Gasteiger partial charge in [0.2, 0.25) is 0 Å². The number of aliphatic hydroxyl groups excluding tert-OH is 2. The van der Waals surface area contributed by atoms with Crippen molar-refractivity contribution in [2.24, 2.45) is 0 Å². The van der Waals surface area contributed by atoms with E-state index in [1.807, 2.05) is 48.5 Å². The zero-order chi connectivity index (χ0) is 13.1. The van der Waals surface area contributed by atoms with Crippen molar-refractivity contribution in [3.05, 3.63) is 59.7 Å². The van der Waals surface area contributed by atoms with Gasteiger partial charge in [-0.3, -0.25) is 0 Å². The quantitative estimate of drug-likeness (QED) is 0.865. The van der Waals surface area contributed by atoms with Gasteiger partial charge in [-0.05, 0) is 48.2 Å². The maximum Gasteiger partial charge on any atom is 0.0762 e. The van der Waals surface area contributed by atoms with E-state index >= 15 is 0 Å². The standard InChI is InChI=1S/C16H18O2/c1-11(17)13-5-3-7-15(9-13)16-8-4-6-14(10-16)12(2)18/h3-12,17-18H,1-2H3/t11-,12-/m1/s1. The second-order valence-electron chi connectivity index (χ2n) is 4.60. The Bertz CT molecular complexity index is 481. The molecule has 0 amide bonds. The van der Waals surface area contributed by atoms with Gasteiger partial charge in [0.05, 0.1) is 12.2 Å². The molecule has 0 unspecified atom stereocenters. The highest BCUT2D eigenvalue weighted by molar-refractivity contribution is 5.65. The third-order valence-corrected chi connectivity index (χ3v) is 3.07. The van der Waals surface area contributed by atoms with E-state index in [-0.39, 0.29) is 0 Å². The lowest BCUT2D eigenvalue weighted by Crippen LogP contribution is -1.93. The molecule has 0 saturated carbocycles. The van der Waals surface area contributed by atoms with Crippen LogP contribution in [0.3, 0.4) is 0 Å². The van der Waals surface area contributed by atoms with Crippen molar-refractivity contribution in [3.63, 3.8) is 0 Å². The summed E-state index contributed by atoms with van der Waals surface area (Å²) in [6.45, 7) is 3.51. The largest absolute Gasteiger partial charge is 0.389 e. The smallest absolute Gasteiger partial charge is 0.0762 e. The van der Waals surface area contributed by atoms with Gasteiger partial charge < -0.3 is 10.2 Å². The fourth-order valence-electron chi connectivity index (χ4n) is 1.96. The van der Waals surface area contributed by atoms with Gasteiger partial charge in [-0.2, -0.15) is 0 Å². The molecule has 2 heteroatoms. The molecule has 0 aliphatic rings. The highest BCUT2D eigenvalue weighted by Crippen LogP contribution is 2.25. The predicted octanol–water partition coefficient (Wildman–Crippen LogP) is 3.46. The molecule has 0 bridgehead atoms. The molecule has 0 aliphatic carbocycles. The van der Waals surface area contributed by atoms with Crippen molar-refractivity contribution in [1.29, 1.82) is 0 Å². The molecular weight excluding hydrogens is 224 g/mol. The van der Waals surface area contributed by atoms with Gasteiger partial charge in [0, 0.05) is 0 Å². The molecule has 2 aromatic carbocycles. The van der Waals surface area contributed by atoms with Gasteiger partial charge >= 0.3 is 0 Å². The number of aliphatic hydroxyl groups is 2. The summed E-state index contributed by atoms with van der Waals surface area (Å²) in [6, 6.07) is 15.7. The lowest BCUT2D eigenvalue weighted by Gasteiger charge is -2.10. The Balaban J connectivity index is 2.42. The topological polar surface area (TPSA) is 40.5 Å². The van der Waals surface area contributed by atoms with Crippen LogP contribution in [0.4, 0.5) is 0 Å². The predicted molar refractivity (Wildman–Crippen MR) is 73.1 cm³/mol. The first kappa shape index (κ1) is 12.8. The summed E-state index contributed by atoms with van der Waals surface area (Å²) >= 11 is 0. The maximum atomic E-state index is 9.60. The molecule has 0 spiro atoms. The second-order valence-corrected chi connectivity index (χ2v) is 4.60. The molecule has 0 saturated heterocycles. The van der Waals surface area contributed by atoms with E-state index in [0.717, 1.165) is 22.3 Å². The lowest BCUT2D eigenvalue weighted by molar-refractivity contribution is 0.199. The first-order chi connectivity index (χ1) is 8.58. The molecule has 2 atom stereocenters. The van der Waals surface area contributed by atoms with Gasteiger partial charge in [-0.1, -0.05) is 36.4 Å². The summed E-state index contributed by atoms with van der Waals surface area (Å²) in [4.78, 5) is 0. The number of hydrogen-bond acceptors (Lipinski definition) is 2. The molecular formula is C16H18O2. The maximum absolute atomic E-state index is 9.60. The van der Waals surface area contributed by atoms with Crippen LogP contribution in [0.1, 0.15) is 37.2 Å². The molecule has 2 aromatic rings. The van der Waals surface area contributed by atoms with Crippen LogP contribution in [0, 0.1) is 0 Å². The average Bonchev–Trinajstić information content (AvgIpc) is 2.39. The van der Waals surface area contributed by atoms with E-state index < -0.39 is 12.2 Å². The summed E-state index contributed by atoms with van der Waals surface area (Å²) in [7, 11) is 0. The Kier molecular flexibility index (Phi) is 3.80. The van der Waals surface area contributed by atoms with Gasteiger partial charge in [-0.25, -0.2) is 0 Å². The van der Waals surface area contributed by atoms with Crippen LogP contribution < -0.4 is 0 Å². The minimum Gasteiger partial charge on any atom is -0.389 e. The van der Waals surface area contributed by atoms with E-state index in [1.54, 1.807) is 13.8 Å². The molecule has 0 heterocycles. The van der Waals surface area contributed by atoms with E-state index in [1.165, 1.54) is 0 Å². The third-order valence-electron chi connectivity index (χ3n) is 3.07. The van der Waals surface area contributed by atoms with E-state index in [4.69, 9.17) is 0 Å². The summed E-state index contributed by atoms with van der Waals surface area (Å²) in [5, 5.41) is 19.2. The Labute approximate surface area is 108 Å². The summed E-state index contributed by atoms with van der Waals surface area (Å²) in [5.41, 5.74) is 3.90.